The topological polar surface area (TPSA) is 63.6 Å². The second kappa shape index (κ2) is 21.4. The van der Waals surface area contributed by atoms with Crippen LogP contribution in [0.1, 0.15) is 122 Å². The first-order chi connectivity index (χ1) is 14.1. The number of unbranched alkanes of at least 4 members (excludes halogenated alkanes) is 14. The molecule has 0 bridgehead atoms. The molecule has 0 amide bonds. The predicted molar refractivity (Wildman–Crippen MR) is 121 cm³/mol. The number of ether oxygens (including phenoxy) is 1. The van der Waals surface area contributed by atoms with E-state index < -0.39 is 11.9 Å². The normalized spacial score (nSPS) is 11.9. The summed E-state index contributed by atoms with van der Waals surface area (Å²) in [5.41, 5.74) is 0. The largest absolute Gasteiger partial charge is 0.481 e. The number of carboxylic acids is 1. The Bertz CT molecular complexity index is 406. The molecule has 0 fully saturated rings. The highest BCUT2D eigenvalue weighted by atomic mass is 16.5. The fourth-order valence-electron chi connectivity index (χ4n) is 3.59. The summed E-state index contributed by atoms with van der Waals surface area (Å²) in [6.07, 6.45) is 22.3. The van der Waals surface area contributed by atoms with Gasteiger partial charge in [0.25, 0.3) is 0 Å². The maximum atomic E-state index is 11.6. The van der Waals surface area contributed by atoms with Crippen molar-refractivity contribution in [3.63, 3.8) is 0 Å². The van der Waals surface area contributed by atoms with Crippen molar-refractivity contribution in [1.29, 1.82) is 0 Å². The molecule has 4 heteroatoms. The summed E-state index contributed by atoms with van der Waals surface area (Å²) in [4.78, 5) is 22.9. The van der Waals surface area contributed by atoms with E-state index in [0.29, 0.717) is 13.0 Å². The van der Waals surface area contributed by atoms with Crippen LogP contribution in [0, 0.1) is 5.92 Å². The Morgan fingerprint density at radius 1 is 0.828 bits per heavy atom. The van der Waals surface area contributed by atoms with E-state index in [2.05, 4.69) is 6.58 Å². The predicted octanol–water partition coefficient (Wildman–Crippen LogP) is 7.46. The maximum absolute atomic E-state index is 11.6. The van der Waals surface area contributed by atoms with E-state index in [-0.39, 0.29) is 12.4 Å². The minimum Gasteiger partial charge on any atom is -0.481 e. The van der Waals surface area contributed by atoms with E-state index in [1.165, 1.54) is 70.6 Å². The molecule has 0 heterocycles. The summed E-state index contributed by atoms with van der Waals surface area (Å²) < 4.78 is 5.00. The van der Waals surface area contributed by atoms with Crippen molar-refractivity contribution in [2.24, 2.45) is 5.92 Å². The zero-order valence-electron chi connectivity index (χ0n) is 19.0. The summed E-state index contributed by atoms with van der Waals surface area (Å²) >= 11 is 0. The fourth-order valence-corrected chi connectivity index (χ4v) is 3.59. The summed E-state index contributed by atoms with van der Waals surface area (Å²) in [5, 5.41) is 9.26. The van der Waals surface area contributed by atoms with Gasteiger partial charge in [-0.3, -0.25) is 9.59 Å². The van der Waals surface area contributed by atoms with E-state index in [9.17, 15) is 14.7 Å². The Kier molecular flexibility index (Phi) is 20.4. The third-order valence-electron chi connectivity index (χ3n) is 5.44. The second-order valence-corrected chi connectivity index (χ2v) is 8.28. The van der Waals surface area contributed by atoms with E-state index >= 15 is 0 Å². The van der Waals surface area contributed by atoms with Crippen molar-refractivity contribution in [2.75, 3.05) is 6.61 Å². The lowest BCUT2D eigenvalue weighted by atomic mass is 9.97. The molecule has 0 aliphatic carbocycles. The lowest BCUT2D eigenvalue weighted by Gasteiger charge is -2.11. The average Bonchev–Trinajstić information content (AvgIpc) is 2.70. The minimum atomic E-state index is -0.879. The molecule has 29 heavy (non-hydrogen) atoms. The van der Waals surface area contributed by atoms with Crippen molar-refractivity contribution >= 4 is 11.9 Å². The van der Waals surface area contributed by atoms with Crippen LogP contribution in [0.2, 0.25) is 0 Å². The van der Waals surface area contributed by atoms with Gasteiger partial charge in [0.1, 0.15) is 0 Å². The van der Waals surface area contributed by atoms with Crippen molar-refractivity contribution in [3.05, 3.63) is 12.7 Å². The van der Waals surface area contributed by atoms with Crippen LogP contribution in [0.15, 0.2) is 12.7 Å². The van der Waals surface area contributed by atoms with Gasteiger partial charge in [-0.05, 0) is 25.7 Å². The van der Waals surface area contributed by atoms with Crippen molar-refractivity contribution in [2.45, 2.75) is 122 Å². The number of carbonyl (C=O) groups is 2. The number of aliphatic carboxylic acids is 1. The van der Waals surface area contributed by atoms with Crippen LogP contribution in [-0.2, 0) is 14.3 Å². The van der Waals surface area contributed by atoms with Gasteiger partial charge < -0.3 is 9.84 Å². The zero-order chi connectivity index (χ0) is 21.6. The van der Waals surface area contributed by atoms with E-state index in [4.69, 9.17) is 4.74 Å². The number of carbonyl (C=O) groups excluding carboxylic acids is 1. The first-order valence-corrected chi connectivity index (χ1v) is 12.1. The monoisotopic (exact) mass is 410 g/mol. The quantitative estimate of drug-likeness (QED) is 0.114. The number of allylic oxidation sites excluding steroid dienone is 1. The Morgan fingerprint density at radius 2 is 1.28 bits per heavy atom. The molecular formula is C25H46O4. The van der Waals surface area contributed by atoms with E-state index in [1.54, 1.807) is 0 Å². The summed E-state index contributed by atoms with van der Waals surface area (Å²) in [5.74, 6) is -1.86. The molecule has 0 aromatic rings. The Hall–Kier alpha value is -1.32. The first kappa shape index (κ1) is 27.7. The summed E-state index contributed by atoms with van der Waals surface area (Å²) in [7, 11) is 0. The highest BCUT2D eigenvalue weighted by molar-refractivity contribution is 5.78. The molecular weight excluding hydrogens is 364 g/mol. The van der Waals surface area contributed by atoms with Crippen LogP contribution in [-0.4, -0.2) is 23.7 Å². The zero-order valence-corrected chi connectivity index (χ0v) is 19.0. The number of carboxylic acid groups (broad SMARTS) is 1. The molecule has 0 aliphatic rings. The van der Waals surface area contributed by atoms with Crippen LogP contribution in [0.4, 0.5) is 0 Å². The third-order valence-corrected chi connectivity index (χ3v) is 5.44. The third kappa shape index (κ3) is 19.8. The number of hydrogen-bond donors (Lipinski definition) is 1. The lowest BCUT2D eigenvalue weighted by Crippen LogP contribution is -2.19. The van der Waals surface area contributed by atoms with Gasteiger partial charge in [0.15, 0.2) is 0 Å². The SMILES string of the molecule is C=CCCCCCCCCCCCCCCCCC(CC(=O)OCCC)C(=O)O. The van der Waals surface area contributed by atoms with Crippen molar-refractivity contribution in [3.8, 4) is 0 Å². The van der Waals surface area contributed by atoms with Gasteiger partial charge in [-0.25, -0.2) is 0 Å². The van der Waals surface area contributed by atoms with Crippen molar-refractivity contribution in [1.82, 2.24) is 0 Å². The molecule has 0 spiro atoms. The van der Waals surface area contributed by atoms with Gasteiger partial charge in [0, 0.05) is 0 Å². The molecule has 0 aliphatic heterocycles. The van der Waals surface area contributed by atoms with Crippen LogP contribution < -0.4 is 0 Å². The molecule has 0 rings (SSSR count). The number of esters is 1. The van der Waals surface area contributed by atoms with E-state index in [0.717, 1.165) is 32.1 Å². The van der Waals surface area contributed by atoms with Crippen molar-refractivity contribution < 1.29 is 19.4 Å². The van der Waals surface area contributed by atoms with Crippen LogP contribution in [0.25, 0.3) is 0 Å². The molecule has 0 saturated heterocycles. The Labute approximate surface area is 179 Å². The molecule has 0 radical (unpaired) electrons. The van der Waals surface area contributed by atoms with Gasteiger partial charge in [0.2, 0.25) is 0 Å². The molecule has 1 N–H and O–H groups in total. The molecule has 0 saturated carbocycles. The highest BCUT2D eigenvalue weighted by Crippen LogP contribution is 2.17. The second-order valence-electron chi connectivity index (χ2n) is 8.28. The smallest absolute Gasteiger partial charge is 0.307 e. The Morgan fingerprint density at radius 3 is 1.69 bits per heavy atom. The first-order valence-electron chi connectivity index (χ1n) is 12.1. The molecule has 170 valence electrons. The molecule has 0 aromatic heterocycles. The Balaban J connectivity index is 3.43. The van der Waals surface area contributed by atoms with Gasteiger partial charge in [0.05, 0.1) is 18.9 Å². The number of rotatable bonds is 22. The maximum Gasteiger partial charge on any atom is 0.307 e. The number of hydrogen-bond acceptors (Lipinski definition) is 3. The molecule has 4 nitrogen and oxygen atoms in total. The van der Waals surface area contributed by atoms with Gasteiger partial charge in [-0.15, -0.1) is 6.58 Å². The van der Waals surface area contributed by atoms with Crippen LogP contribution >= 0.6 is 0 Å². The standard InChI is InChI=1S/C25H46O4/c1-3-5-6-7-8-9-10-11-12-13-14-15-16-17-18-19-20-23(25(27)28)22-24(26)29-21-4-2/h3,23H,1,4-22H2,2H3,(H,27,28). The summed E-state index contributed by atoms with van der Waals surface area (Å²) in [6, 6.07) is 0. The van der Waals surface area contributed by atoms with Crippen LogP contribution in [0.5, 0.6) is 0 Å². The lowest BCUT2D eigenvalue weighted by molar-refractivity contribution is -0.151. The van der Waals surface area contributed by atoms with Gasteiger partial charge in [-0.2, -0.15) is 0 Å². The fraction of sp³-hybridized carbons (Fsp3) is 0.840. The molecule has 1 unspecified atom stereocenters. The van der Waals surface area contributed by atoms with E-state index in [1.807, 2.05) is 13.0 Å². The minimum absolute atomic E-state index is 0.00412. The molecule has 1 atom stereocenters. The molecule has 0 aromatic carbocycles. The highest BCUT2D eigenvalue weighted by Gasteiger charge is 2.21. The van der Waals surface area contributed by atoms with Crippen LogP contribution in [0.3, 0.4) is 0 Å². The average molecular weight is 411 g/mol. The summed E-state index contributed by atoms with van der Waals surface area (Å²) in [6.45, 7) is 6.06. The van der Waals surface area contributed by atoms with Gasteiger partial charge >= 0.3 is 11.9 Å². The van der Waals surface area contributed by atoms with Gasteiger partial charge in [-0.1, -0.05) is 96.5 Å².